The molecule has 0 heterocycles. The summed E-state index contributed by atoms with van der Waals surface area (Å²) in [5.74, 6) is 0. The van der Waals surface area contributed by atoms with Crippen molar-refractivity contribution >= 4 is 0 Å². The van der Waals surface area contributed by atoms with Gasteiger partial charge in [-0.1, -0.05) is 72.8 Å². The summed E-state index contributed by atoms with van der Waals surface area (Å²) >= 11 is 0. The summed E-state index contributed by atoms with van der Waals surface area (Å²) in [6.07, 6.45) is 6.74. The summed E-state index contributed by atoms with van der Waals surface area (Å²) in [7, 11) is 0. The van der Waals surface area contributed by atoms with Crippen LogP contribution >= 0.6 is 0 Å². The van der Waals surface area contributed by atoms with E-state index < -0.39 is 0 Å². The van der Waals surface area contributed by atoms with E-state index in [1.807, 2.05) is 0 Å². The van der Waals surface area contributed by atoms with Crippen LogP contribution in [0.15, 0.2) is 72.8 Å². The second kappa shape index (κ2) is 6.19. The average Bonchev–Trinajstić information content (AvgIpc) is 3.36. The van der Waals surface area contributed by atoms with Gasteiger partial charge in [-0.3, -0.25) is 0 Å². The molecule has 0 heteroatoms. The minimum Gasteiger partial charge on any atom is -0.0614 e. The lowest BCUT2D eigenvalue weighted by atomic mass is 9.92. The molecule has 0 radical (unpaired) electrons. The molecule has 0 fully saturated rings. The van der Waals surface area contributed by atoms with Crippen LogP contribution in [0.25, 0.3) is 22.3 Å². The molecule has 0 spiro atoms. The van der Waals surface area contributed by atoms with E-state index in [1.54, 1.807) is 44.5 Å². The largest absolute Gasteiger partial charge is 0.0614 e. The van der Waals surface area contributed by atoms with Crippen molar-refractivity contribution in [2.75, 3.05) is 0 Å². The van der Waals surface area contributed by atoms with Gasteiger partial charge in [0.1, 0.15) is 0 Å². The minimum absolute atomic E-state index is 1.11. The van der Waals surface area contributed by atoms with Crippen molar-refractivity contribution in [3.05, 3.63) is 117 Å². The zero-order valence-corrected chi connectivity index (χ0v) is 17.2. The third-order valence-electron chi connectivity index (χ3n) is 7.71. The van der Waals surface area contributed by atoms with E-state index in [0.29, 0.717) is 0 Å². The minimum atomic E-state index is 1.11. The maximum atomic E-state index is 2.37. The molecule has 4 aromatic carbocycles. The molecule has 3 aliphatic rings. The SMILES string of the molecule is c1cc2c3c(c1)-c1cccc(c1C3)CCc1cccc3c1Cc1c(cccc1-3)CC2. The number of hydrogen-bond acceptors (Lipinski definition) is 0. The van der Waals surface area contributed by atoms with Crippen LogP contribution in [0, 0.1) is 0 Å². The highest BCUT2D eigenvalue weighted by atomic mass is 14.3. The first kappa shape index (κ1) is 16.7. The summed E-state index contributed by atoms with van der Waals surface area (Å²) in [5.41, 5.74) is 18.4. The molecule has 0 atom stereocenters. The Bertz CT molecular complexity index is 1130. The molecule has 30 heavy (non-hydrogen) atoms. The Balaban J connectivity index is 1.45. The van der Waals surface area contributed by atoms with E-state index in [0.717, 1.165) is 38.5 Å². The maximum Gasteiger partial charge on any atom is -0.000798 e. The average molecular weight is 385 g/mol. The predicted octanol–water partition coefficient (Wildman–Crippen LogP) is 6.71. The molecule has 0 aromatic heterocycles. The molecule has 0 aliphatic heterocycles. The molecule has 0 saturated carbocycles. The van der Waals surface area contributed by atoms with Crippen molar-refractivity contribution in [3.8, 4) is 22.3 Å². The van der Waals surface area contributed by atoms with Crippen molar-refractivity contribution in [3.63, 3.8) is 0 Å². The lowest BCUT2D eigenvalue weighted by molar-refractivity contribution is 0.904. The van der Waals surface area contributed by atoms with Gasteiger partial charge in [-0.2, -0.15) is 0 Å². The smallest absolute Gasteiger partial charge is 0.000798 e. The van der Waals surface area contributed by atoms with Gasteiger partial charge >= 0.3 is 0 Å². The summed E-state index contributed by atoms with van der Waals surface area (Å²) in [4.78, 5) is 0. The van der Waals surface area contributed by atoms with Gasteiger partial charge < -0.3 is 0 Å². The van der Waals surface area contributed by atoms with Gasteiger partial charge in [-0.05, 0) is 105 Å². The van der Waals surface area contributed by atoms with E-state index in [9.17, 15) is 0 Å². The van der Waals surface area contributed by atoms with E-state index in [4.69, 9.17) is 0 Å². The first-order valence-electron chi connectivity index (χ1n) is 11.3. The van der Waals surface area contributed by atoms with E-state index >= 15 is 0 Å². The van der Waals surface area contributed by atoms with Gasteiger partial charge in [0, 0.05) is 0 Å². The van der Waals surface area contributed by atoms with Crippen molar-refractivity contribution in [1.29, 1.82) is 0 Å². The number of benzene rings is 4. The van der Waals surface area contributed by atoms with Gasteiger partial charge in [0.05, 0.1) is 0 Å². The topological polar surface area (TPSA) is 0 Å². The third kappa shape index (κ3) is 2.28. The Labute approximate surface area is 178 Å². The fourth-order valence-corrected chi connectivity index (χ4v) is 6.21. The monoisotopic (exact) mass is 384 g/mol. The normalized spacial score (nSPS) is 15.2. The van der Waals surface area contributed by atoms with Gasteiger partial charge in [-0.15, -0.1) is 0 Å². The Kier molecular flexibility index (Phi) is 3.44. The molecule has 144 valence electrons. The lowest BCUT2D eigenvalue weighted by Crippen LogP contribution is -2.02. The summed E-state index contributed by atoms with van der Waals surface area (Å²) in [5, 5.41) is 0. The highest BCUT2D eigenvalue weighted by Crippen LogP contribution is 2.43. The Morgan fingerprint density at radius 2 is 0.600 bits per heavy atom. The molecule has 4 bridgehead atoms. The van der Waals surface area contributed by atoms with Crippen LogP contribution in [0.4, 0.5) is 0 Å². The van der Waals surface area contributed by atoms with Crippen LogP contribution in [0.2, 0.25) is 0 Å². The van der Waals surface area contributed by atoms with Crippen LogP contribution in [0.1, 0.15) is 44.5 Å². The molecule has 3 aliphatic carbocycles. The van der Waals surface area contributed by atoms with Gasteiger partial charge in [0.15, 0.2) is 0 Å². The molecule has 0 amide bonds. The van der Waals surface area contributed by atoms with Crippen LogP contribution in [0.3, 0.4) is 0 Å². The van der Waals surface area contributed by atoms with E-state index in [1.165, 1.54) is 22.3 Å². The number of aryl methyl sites for hydroxylation is 4. The van der Waals surface area contributed by atoms with Crippen LogP contribution in [0.5, 0.6) is 0 Å². The second-order valence-corrected chi connectivity index (χ2v) is 9.13. The van der Waals surface area contributed by atoms with Gasteiger partial charge in [-0.25, -0.2) is 0 Å². The van der Waals surface area contributed by atoms with E-state index in [2.05, 4.69) is 72.8 Å². The molecular formula is C30H24. The first-order chi connectivity index (χ1) is 14.9. The molecule has 7 rings (SSSR count). The quantitative estimate of drug-likeness (QED) is 0.273. The lowest BCUT2D eigenvalue weighted by Gasteiger charge is -2.12. The van der Waals surface area contributed by atoms with Crippen LogP contribution in [-0.2, 0) is 38.5 Å². The van der Waals surface area contributed by atoms with Crippen molar-refractivity contribution in [1.82, 2.24) is 0 Å². The first-order valence-corrected chi connectivity index (χ1v) is 11.3. The molecular weight excluding hydrogens is 360 g/mol. The summed E-state index contributed by atoms with van der Waals surface area (Å²) in [6.45, 7) is 0. The molecule has 0 unspecified atom stereocenters. The summed E-state index contributed by atoms with van der Waals surface area (Å²) < 4.78 is 0. The van der Waals surface area contributed by atoms with Crippen molar-refractivity contribution in [2.45, 2.75) is 38.5 Å². The number of rotatable bonds is 0. The van der Waals surface area contributed by atoms with Gasteiger partial charge in [0.2, 0.25) is 0 Å². The highest BCUT2D eigenvalue weighted by molar-refractivity contribution is 5.80. The Morgan fingerprint density at radius 3 is 0.867 bits per heavy atom. The summed E-state index contributed by atoms with van der Waals surface area (Å²) in [6, 6.07) is 27.9. The zero-order chi connectivity index (χ0) is 19.7. The number of hydrogen-bond donors (Lipinski definition) is 0. The fraction of sp³-hybridized carbons (Fsp3) is 0.200. The molecule has 4 aromatic rings. The van der Waals surface area contributed by atoms with Crippen molar-refractivity contribution in [2.24, 2.45) is 0 Å². The maximum absolute atomic E-state index is 2.37. The zero-order valence-electron chi connectivity index (χ0n) is 17.2. The van der Waals surface area contributed by atoms with Crippen molar-refractivity contribution < 1.29 is 0 Å². The fourth-order valence-electron chi connectivity index (χ4n) is 6.21. The van der Waals surface area contributed by atoms with Crippen LogP contribution in [-0.4, -0.2) is 0 Å². The second-order valence-electron chi connectivity index (χ2n) is 9.13. The Hall–Kier alpha value is -3.12. The highest BCUT2D eigenvalue weighted by Gasteiger charge is 2.26. The van der Waals surface area contributed by atoms with Gasteiger partial charge in [0.25, 0.3) is 0 Å². The van der Waals surface area contributed by atoms with E-state index in [-0.39, 0.29) is 0 Å². The number of fused-ring (bicyclic) bond motifs is 2. The molecule has 0 saturated heterocycles. The predicted molar refractivity (Wildman–Crippen MR) is 124 cm³/mol. The van der Waals surface area contributed by atoms with Crippen LogP contribution < -0.4 is 0 Å². The standard InChI is InChI=1S/C30H24/c1-5-19-13-14-20-7-3-11-25-26-12-4-8-22(30(26)18-29(20)25)16-15-21-6-2-10-24-23(9-1)27(19)17-28(21)24/h1-12H,13-18H2. The molecule has 0 nitrogen and oxygen atoms in total. The molecule has 0 N–H and O–H groups in total. The third-order valence-corrected chi connectivity index (χ3v) is 7.71. The Morgan fingerprint density at radius 1 is 0.333 bits per heavy atom.